The van der Waals surface area contributed by atoms with E-state index < -0.39 is 36.1 Å². The number of carboxylic acid groups (broad SMARTS) is 1. The van der Waals surface area contributed by atoms with E-state index >= 15 is 0 Å². The molecule has 2 aromatic carbocycles. The first-order valence-electron chi connectivity index (χ1n) is 9.77. The van der Waals surface area contributed by atoms with E-state index in [2.05, 4.69) is 14.5 Å². The number of carbonyl (C=O) groups is 2. The van der Waals surface area contributed by atoms with Crippen molar-refractivity contribution in [1.29, 1.82) is 0 Å². The van der Waals surface area contributed by atoms with Crippen molar-refractivity contribution in [2.75, 3.05) is 5.88 Å². The molecule has 0 bridgehead atoms. The van der Waals surface area contributed by atoms with E-state index in [-0.39, 0.29) is 29.2 Å². The van der Waals surface area contributed by atoms with Crippen LogP contribution in [0, 0.1) is 0 Å². The molecule has 7 nitrogen and oxygen atoms in total. The Bertz CT molecular complexity index is 1280. The zero-order chi connectivity index (χ0) is 22.8. The average molecular weight is 450 g/mol. The summed E-state index contributed by atoms with van der Waals surface area (Å²) in [5, 5.41) is 10.6. The maximum absolute atomic E-state index is 13.6. The highest BCUT2D eigenvalue weighted by atomic mass is 35.5. The number of alkyl halides is 3. The van der Waals surface area contributed by atoms with Gasteiger partial charge in [0.05, 0.1) is 7.39 Å². The number of rotatable bonds is 3. The molecule has 3 aromatic rings. The Morgan fingerprint density at radius 3 is 2.74 bits per heavy atom. The molecule has 2 unspecified atom stereocenters. The van der Waals surface area contributed by atoms with E-state index in [0.29, 0.717) is 16.5 Å². The lowest BCUT2D eigenvalue weighted by molar-refractivity contribution is -0.286. The van der Waals surface area contributed by atoms with Crippen molar-refractivity contribution >= 4 is 34.4 Å². The summed E-state index contributed by atoms with van der Waals surface area (Å²) in [5.74, 6) is -3.24. The normalized spacial score (nSPS) is 24.0. The van der Waals surface area contributed by atoms with Gasteiger partial charge in [0.25, 0.3) is 0 Å². The fourth-order valence-corrected chi connectivity index (χ4v) is 4.24. The fourth-order valence-electron chi connectivity index (χ4n) is 4.12. The van der Waals surface area contributed by atoms with Crippen LogP contribution in [0.2, 0.25) is 0 Å². The number of para-hydroxylation sites is 1. The van der Waals surface area contributed by atoms with Crippen LogP contribution < -0.4 is 9.47 Å². The minimum absolute atomic E-state index is 0.0368. The number of nitrogens with zero attached hydrogens (tertiary/aromatic N) is 1. The van der Waals surface area contributed by atoms with Gasteiger partial charge in [0.2, 0.25) is 5.91 Å². The Kier molecular flexibility index (Phi) is 4.07. The quantitative estimate of drug-likeness (QED) is 0.595. The number of aliphatic carboxylic acids is 1. The SMILES string of the molecule is [2H]C1(c2ccc3c(c2)OC(F)(F)O3)c2[nH]c3ccccc3c2CC(C(=O)O)N1C(=O)CCl. The number of halogens is 3. The maximum Gasteiger partial charge on any atom is 0.586 e. The molecule has 0 aliphatic carbocycles. The van der Waals surface area contributed by atoms with E-state index in [1.165, 1.54) is 12.1 Å². The Balaban J connectivity index is 1.79. The van der Waals surface area contributed by atoms with Gasteiger partial charge in [-0.2, -0.15) is 0 Å². The number of carboxylic acids is 1. The molecular formula is C21H15ClF2N2O5. The molecule has 2 aliphatic rings. The fraction of sp³-hybridized carbons (Fsp3) is 0.238. The number of fused-ring (bicyclic) bond motifs is 4. The third-order valence-corrected chi connectivity index (χ3v) is 5.57. The van der Waals surface area contributed by atoms with Crippen molar-refractivity contribution in [3.05, 3.63) is 59.3 Å². The number of nitrogens with one attached hydrogen (secondary N) is 1. The Morgan fingerprint density at radius 2 is 2.00 bits per heavy atom. The number of H-pyrrole nitrogens is 1. The van der Waals surface area contributed by atoms with E-state index in [1.54, 1.807) is 24.3 Å². The second-order valence-corrected chi connectivity index (χ2v) is 7.42. The molecule has 0 saturated heterocycles. The van der Waals surface area contributed by atoms with Gasteiger partial charge in [-0.15, -0.1) is 20.4 Å². The highest BCUT2D eigenvalue weighted by molar-refractivity contribution is 6.27. The second kappa shape index (κ2) is 6.84. The van der Waals surface area contributed by atoms with Crippen molar-refractivity contribution < 1.29 is 34.3 Å². The van der Waals surface area contributed by atoms with Crippen molar-refractivity contribution in [3.8, 4) is 11.5 Å². The van der Waals surface area contributed by atoms with E-state index in [0.717, 1.165) is 11.0 Å². The van der Waals surface area contributed by atoms with Crippen LogP contribution in [0.4, 0.5) is 8.78 Å². The van der Waals surface area contributed by atoms with Gasteiger partial charge < -0.3 is 24.5 Å². The zero-order valence-corrected chi connectivity index (χ0v) is 16.5. The predicted molar refractivity (Wildman–Crippen MR) is 105 cm³/mol. The predicted octanol–water partition coefficient (Wildman–Crippen LogP) is 3.66. The lowest BCUT2D eigenvalue weighted by atomic mass is 9.88. The molecule has 0 radical (unpaired) electrons. The first-order chi connectivity index (χ1) is 15.2. The first-order valence-corrected chi connectivity index (χ1v) is 9.80. The van der Waals surface area contributed by atoms with Crippen LogP contribution in [0.25, 0.3) is 10.9 Å². The highest BCUT2D eigenvalue weighted by Gasteiger charge is 2.46. The van der Waals surface area contributed by atoms with Gasteiger partial charge in [-0.05, 0) is 29.3 Å². The average Bonchev–Trinajstić information content (AvgIpc) is 3.28. The first kappa shape index (κ1) is 18.4. The van der Waals surface area contributed by atoms with Gasteiger partial charge in [-0.1, -0.05) is 24.3 Å². The third-order valence-electron chi connectivity index (χ3n) is 5.34. The topological polar surface area (TPSA) is 91.9 Å². The van der Waals surface area contributed by atoms with Crippen LogP contribution in [-0.2, 0) is 16.0 Å². The maximum atomic E-state index is 13.6. The van der Waals surface area contributed by atoms with Crippen molar-refractivity contribution in [2.24, 2.45) is 0 Å². The standard InChI is InChI=1S/C21H15ClF2N2O5/c22-9-17(27)26-14(20(28)29)8-12-11-3-1-2-4-13(11)25-18(12)19(26)10-5-6-15-16(7-10)31-21(23,24)30-15/h1-7,14,19,25H,8-9H2,(H,28,29)/i19D. The molecule has 0 saturated carbocycles. The minimum Gasteiger partial charge on any atom is -0.480 e. The number of ether oxygens (including phenoxy) is 2. The molecular weight excluding hydrogens is 434 g/mol. The molecule has 1 aromatic heterocycles. The van der Waals surface area contributed by atoms with Crippen LogP contribution in [0.1, 0.15) is 24.2 Å². The molecule has 10 heteroatoms. The van der Waals surface area contributed by atoms with Crippen LogP contribution in [0.15, 0.2) is 42.5 Å². The molecule has 2 atom stereocenters. The van der Waals surface area contributed by atoms with Gasteiger partial charge in [0, 0.05) is 23.0 Å². The Morgan fingerprint density at radius 1 is 1.26 bits per heavy atom. The van der Waals surface area contributed by atoms with Crippen LogP contribution in [-0.4, -0.2) is 45.1 Å². The molecule has 1 amide bonds. The summed E-state index contributed by atoms with van der Waals surface area (Å²) >= 11 is 5.79. The van der Waals surface area contributed by atoms with Crippen molar-refractivity contribution in [3.63, 3.8) is 0 Å². The summed E-state index contributed by atoms with van der Waals surface area (Å²) in [6, 6.07) is 7.24. The van der Waals surface area contributed by atoms with Crippen molar-refractivity contribution in [2.45, 2.75) is 24.8 Å². The Labute approximate surface area is 180 Å². The molecule has 0 fully saturated rings. The molecule has 2 aliphatic heterocycles. The number of aromatic nitrogens is 1. The number of aromatic amines is 1. The van der Waals surface area contributed by atoms with Gasteiger partial charge in [0.15, 0.2) is 11.5 Å². The molecule has 5 rings (SSSR count). The number of benzene rings is 2. The van der Waals surface area contributed by atoms with Gasteiger partial charge in [0.1, 0.15) is 11.9 Å². The van der Waals surface area contributed by atoms with E-state index in [9.17, 15) is 24.8 Å². The zero-order valence-electron chi connectivity index (χ0n) is 16.7. The number of carbonyl (C=O) groups excluding carboxylic acids is 1. The monoisotopic (exact) mass is 449 g/mol. The van der Waals surface area contributed by atoms with Gasteiger partial charge in [-0.3, -0.25) is 4.79 Å². The summed E-state index contributed by atoms with van der Waals surface area (Å²) in [6.07, 6.45) is -3.93. The van der Waals surface area contributed by atoms with Crippen LogP contribution in [0.5, 0.6) is 11.5 Å². The van der Waals surface area contributed by atoms with E-state index in [4.69, 9.17) is 11.6 Å². The number of hydrogen-bond acceptors (Lipinski definition) is 4. The summed E-state index contributed by atoms with van der Waals surface area (Å²) in [5.41, 5.74) is 1.48. The van der Waals surface area contributed by atoms with E-state index in [1.807, 2.05) is 0 Å². The second-order valence-electron chi connectivity index (χ2n) is 7.16. The van der Waals surface area contributed by atoms with Gasteiger partial charge >= 0.3 is 12.3 Å². The molecule has 3 heterocycles. The largest absolute Gasteiger partial charge is 0.586 e. The van der Waals surface area contributed by atoms with Crippen LogP contribution in [0.3, 0.4) is 0 Å². The summed E-state index contributed by atoms with van der Waals surface area (Å²) < 4.78 is 45.5. The number of amides is 1. The molecule has 2 N–H and O–H groups in total. The highest BCUT2D eigenvalue weighted by Crippen LogP contribution is 2.46. The molecule has 160 valence electrons. The summed E-state index contributed by atoms with van der Waals surface area (Å²) in [4.78, 5) is 29.0. The smallest absolute Gasteiger partial charge is 0.480 e. The van der Waals surface area contributed by atoms with Crippen LogP contribution >= 0.6 is 11.6 Å². The van der Waals surface area contributed by atoms with Crippen molar-refractivity contribution in [1.82, 2.24) is 9.88 Å². The molecule has 0 spiro atoms. The number of hydrogen-bond donors (Lipinski definition) is 2. The lowest BCUT2D eigenvalue weighted by Gasteiger charge is -2.40. The lowest BCUT2D eigenvalue weighted by Crippen LogP contribution is -2.52. The molecule has 31 heavy (non-hydrogen) atoms. The third kappa shape index (κ3) is 3.07. The summed E-state index contributed by atoms with van der Waals surface area (Å²) in [6.45, 7) is 0. The summed E-state index contributed by atoms with van der Waals surface area (Å²) in [7, 11) is 0. The Hall–Kier alpha value is -3.33. The minimum atomic E-state index is -3.87. The van der Waals surface area contributed by atoms with Gasteiger partial charge in [-0.25, -0.2) is 4.79 Å².